The summed E-state index contributed by atoms with van der Waals surface area (Å²) in [4.78, 5) is 6.47. The van der Waals surface area contributed by atoms with Crippen LogP contribution in [0.15, 0.2) is 12.3 Å². The van der Waals surface area contributed by atoms with Crippen molar-refractivity contribution in [1.29, 1.82) is 0 Å². The molecule has 0 fully saturated rings. The number of rotatable bonds is 0. The fourth-order valence-electron chi connectivity index (χ4n) is 1.68. The Hall–Kier alpha value is -0.985. The van der Waals surface area contributed by atoms with Gasteiger partial charge in [-0.3, -0.25) is 0 Å². The highest BCUT2D eigenvalue weighted by molar-refractivity contribution is 6.33. The van der Waals surface area contributed by atoms with Crippen molar-refractivity contribution >= 4 is 19.1 Å². The zero-order valence-electron chi connectivity index (χ0n) is 7.25. The highest BCUT2D eigenvalue weighted by Crippen LogP contribution is 2.20. The van der Waals surface area contributed by atoms with E-state index in [1.807, 2.05) is 6.07 Å². The Balaban J connectivity index is 2.52. The lowest BCUT2D eigenvalue weighted by molar-refractivity contribution is 0.734. The number of fused-ring (bicyclic) bond motifs is 1. The quantitative estimate of drug-likeness (QED) is 0.503. The average Bonchev–Trinajstić information content (AvgIpc) is 2.07. The van der Waals surface area contributed by atoms with E-state index in [9.17, 15) is 0 Å². The highest BCUT2D eigenvalue weighted by atomic mass is 15.2. The van der Waals surface area contributed by atoms with Crippen LogP contribution in [0.2, 0.25) is 0 Å². The number of pyridine rings is 1. The standard InChI is InChI=1S/C9H11BN2/c1-12-6-2-3-7-8(10)4-5-11-9(7)12/h4-5H,2-3,6H2,1H3. The van der Waals surface area contributed by atoms with Gasteiger partial charge in [0.1, 0.15) is 13.7 Å². The molecule has 0 atom stereocenters. The SMILES string of the molecule is [B]c1ccnc2c1CCCN2C. The first-order valence-electron chi connectivity index (χ1n) is 4.23. The van der Waals surface area contributed by atoms with E-state index in [0.717, 1.165) is 24.2 Å². The molecule has 1 aromatic heterocycles. The molecule has 1 aliphatic heterocycles. The maximum atomic E-state index is 5.84. The molecule has 2 nitrogen and oxygen atoms in total. The number of hydrogen-bond donors (Lipinski definition) is 0. The van der Waals surface area contributed by atoms with Gasteiger partial charge in [0.2, 0.25) is 0 Å². The molecular formula is C9H11BN2. The van der Waals surface area contributed by atoms with Gasteiger partial charge in [0.15, 0.2) is 0 Å². The Morgan fingerprint density at radius 2 is 2.42 bits per heavy atom. The van der Waals surface area contributed by atoms with E-state index in [4.69, 9.17) is 7.85 Å². The van der Waals surface area contributed by atoms with Crippen LogP contribution >= 0.6 is 0 Å². The minimum absolute atomic E-state index is 0.881. The zero-order chi connectivity index (χ0) is 8.55. The molecule has 0 saturated carbocycles. The van der Waals surface area contributed by atoms with E-state index in [1.165, 1.54) is 12.0 Å². The van der Waals surface area contributed by atoms with Crippen LogP contribution in [0, 0.1) is 0 Å². The van der Waals surface area contributed by atoms with Crippen molar-refractivity contribution in [3.8, 4) is 0 Å². The predicted molar refractivity (Wildman–Crippen MR) is 51.2 cm³/mol. The molecule has 60 valence electrons. The van der Waals surface area contributed by atoms with Crippen LogP contribution in [0.5, 0.6) is 0 Å². The van der Waals surface area contributed by atoms with Crippen LogP contribution < -0.4 is 10.4 Å². The van der Waals surface area contributed by atoms with E-state index >= 15 is 0 Å². The summed E-state index contributed by atoms with van der Waals surface area (Å²) >= 11 is 0. The smallest absolute Gasteiger partial charge is 0.130 e. The molecule has 0 unspecified atom stereocenters. The Labute approximate surface area is 74.0 Å². The Morgan fingerprint density at radius 1 is 1.58 bits per heavy atom. The predicted octanol–water partition coefficient (Wildman–Crippen LogP) is 0.258. The molecule has 2 radical (unpaired) electrons. The second-order valence-electron chi connectivity index (χ2n) is 3.23. The summed E-state index contributed by atoms with van der Waals surface area (Å²) in [6.07, 6.45) is 4.02. The molecule has 0 amide bonds. The van der Waals surface area contributed by atoms with Gasteiger partial charge in [0.05, 0.1) is 0 Å². The molecule has 2 rings (SSSR count). The first-order valence-corrected chi connectivity index (χ1v) is 4.23. The maximum Gasteiger partial charge on any atom is 0.130 e. The number of hydrogen-bond acceptors (Lipinski definition) is 2. The molecule has 0 saturated heterocycles. The van der Waals surface area contributed by atoms with Gasteiger partial charge >= 0.3 is 0 Å². The van der Waals surface area contributed by atoms with Gasteiger partial charge in [-0.1, -0.05) is 11.5 Å². The van der Waals surface area contributed by atoms with E-state index in [-0.39, 0.29) is 0 Å². The fraction of sp³-hybridized carbons (Fsp3) is 0.444. The van der Waals surface area contributed by atoms with Crippen LogP contribution in [-0.2, 0) is 6.42 Å². The normalized spacial score (nSPS) is 15.9. The summed E-state index contributed by atoms with van der Waals surface area (Å²) < 4.78 is 0. The third-order valence-corrected chi connectivity index (χ3v) is 2.35. The third-order valence-electron chi connectivity index (χ3n) is 2.35. The average molecular weight is 158 g/mol. The summed E-state index contributed by atoms with van der Waals surface area (Å²) in [7, 11) is 7.90. The summed E-state index contributed by atoms with van der Waals surface area (Å²) in [5, 5.41) is 0. The summed E-state index contributed by atoms with van der Waals surface area (Å²) in [6, 6.07) is 1.87. The highest BCUT2D eigenvalue weighted by Gasteiger charge is 2.15. The van der Waals surface area contributed by atoms with Gasteiger partial charge in [-0.05, 0) is 18.4 Å². The monoisotopic (exact) mass is 158 g/mol. The Kier molecular flexibility index (Phi) is 1.79. The molecule has 0 aromatic carbocycles. The Morgan fingerprint density at radius 3 is 3.17 bits per heavy atom. The minimum Gasteiger partial charge on any atom is -0.359 e. The number of aromatic nitrogens is 1. The zero-order valence-corrected chi connectivity index (χ0v) is 7.25. The lowest BCUT2D eigenvalue weighted by Gasteiger charge is -2.27. The lowest BCUT2D eigenvalue weighted by atomic mass is 9.88. The molecule has 1 aromatic rings. The van der Waals surface area contributed by atoms with Gasteiger partial charge in [-0.25, -0.2) is 4.98 Å². The van der Waals surface area contributed by atoms with E-state index in [0.29, 0.717) is 0 Å². The Bertz CT molecular complexity index is 299. The van der Waals surface area contributed by atoms with Crippen molar-refractivity contribution in [3.05, 3.63) is 17.8 Å². The molecule has 3 heteroatoms. The van der Waals surface area contributed by atoms with Crippen LogP contribution in [0.1, 0.15) is 12.0 Å². The van der Waals surface area contributed by atoms with Crippen molar-refractivity contribution < 1.29 is 0 Å². The van der Waals surface area contributed by atoms with Gasteiger partial charge in [0, 0.05) is 19.8 Å². The third kappa shape index (κ3) is 1.09. The topological polar surface area (TPSA) is 16.1 Å². The van der Waals surface area contributed by atoms with Gasteiger partial charge in [-0.2, -0.15) is 0 Å². The first-order chi connectivity index (χ1) is 5.79. The van der Waals surface area contributed by atoms with Crippen molar-refractivity contribution in [3.63, 3.8) is 0 Å². The van der Waals surface area contributed by atoms with Gasteiger partial charge in [0.25, 0.3) is 0 Å². The van der Waals surface area contributed by atoms with Gasteiger partial charge < -0.3 is 4.90 Å². The van der Waals surface area contributed by atoms with Crippen molar-refractivity contribution in [2.75, 3.05) is 18.5 Å². The second-order valence-corrected chi connectivity index (χ2v) is 3.23. The molecule has 2 heterocycles. The first kappa shape index (κ1) is 7.65. The van der Waals surface area contributed by atoms with Crippen LogP contribution in [-0.4, -0.2) is 26.4 Å². The van der Waals surface area contributed by atoms with E-state index in [2.05, 4.69) is 16.9 Å². The van der Waals surface area contributed by atoms with Crippen LogP contribution in [0.3, 0.4) is 0 Å². The second kappa shape index (κ2) is 2.81. The van der Waals surface area contributed by atoms with Gasteiger partial charge in [-0.15, -0.1) is 0 Å². The molecule has 0 spiro atoms. The maximum absolute atomic E-state index is 5.84. The molecule has 0 bridgehead atoms. The number of anilines is 1. The van der Waals surface area contributed by atoms with Crippen molar-refractivity contribution in [1.82, 2.24) is 4.98 Å². The lowest BCUT2D eigenvalue weighted by Crippen LogP contribution is -2.29. The summed E-state index contributed by atoms with van der Waals surface area (Å²) in [5.41, 5.74) is 2.10. The molecule has 1 aliphatic rings. The largest absolute Gasteiger partial charge is 0.359 e. The van der Waals surface area contributed by atoms with Crippen molar-refractivity contribution in [2.24, 2.45) is 0 Å². The number of nitrogens with zero attached hydrogens (tertiary/aromatic N) is 2. The van der Waals surface area contributed by atoms with E-state index in [1.54, 1.807) is 6.20 Å². The minimum atomic E-state index is 0.881. The molecular weight excluding hydrogens is 147 g/mol. The molecule has 0 N–H and O–H groups in total. The molecule has 0 aliphatic carbocycles. The fourth-order valence-corrected chi connectivity index (χ4v) is 1.68. The summed E-state index contributed by atoms with van der Waals surface area (Å²) in [5.74, 6) is 1.06. The van der Waals surface area contributed by atoms with Crippen LogP contribution in [0.25, 0.3) is 0 Å². The van der Waals surface area contributed by atoms with Crippen LogP contribution in [0.4, 0.5) is 5.82 Å². The molecule has 12 heavy (non-hydrogen) atoms. The summed E-state index contributed by atoms with van der Waals surface area (Å²) in [6.45, 7) is 1.09. The van der Waals surface area contributed by atoms with Crippen molar-refractivity contribution in [2.45, 2.75) is 12.8 Å². The van der Waals surface area contributed by atoms with E-state index < -0.39 is 0 Å².